The number of imidazole rings is 1. The fraction of sp³-hybridized carbons (Fsp3) is 0.118. The zero-order chi connectivity index (χ0) is 18.7. The molecule has 0 radical (unpaired) electrons. The highest BCUT2D eigenvalue weighted by Crippen LogP contribution is 2.12. The summed E-state index contributed by atoms with van der Waals surface area (Å²) >= 11 is 5.89. The molecule has 0 saturated heterocycles. The molecular formula is C17H13ClF2N4O2. The van der Waals surface area contributed by atoms with E-state index in [9.17, 15) is 18.4 Å². The summed E-state index contributed by atoms with van der Waals surface area (Å²) in [7, 11) is 0. The van der Waals surface area contributed by atoms with E-state index in [1.165, 1.54) is 0 Å². The summed E-state index contributed by atoms with van der Waals surface area (Å²) < 4.78 is 28.1. The number of amides is 2. The Morgan fingerprint density at radius 1 is 1.12 bits per heavy atom. The summed E-state index contributed by atoms with van der Waals surface area (Å²) in [4.78, 5) is 28.0. The van der Waals surface area contributed by atoms with Gasteiger partial charge in [0.1, 0.15) is 17.3 Å². The SMILES string of the molecule is O=C(CNC(=O)c1ccc(F)cc1F)NCc1cn2cc(Cl)ccc2n1. The minimum absolute atomic E-state index is 0.152. The molecular weight excluding hydrogens is 366 g/mol. The number of hydrogen-bond donors (Lipinski definition) is 2. The van der Waals surface area contributed by atoms with Gasteiger partial charge in [-0.15, -0.1) is 0 Å². The van der Waals surface area contributed by atoms with Crippen LogP contribution in [0.15, 0.2) is 42.7 Å². The standard InChI is InChI=1S/C17H13ClF2N4O2/c18-10-1-4-15-23-12(9-24(15)8-10)6-21-16(25)7-22-17(26)13-3-2-11(19)5-14(13)20/h1-5,8-9H,6-7H2,(H,21,25)(H,22,26). The van der Waals surface area contributed by atoms with Gasteiger partial charge in [-0.2, -0.15) is 0 Å². The molecule has 0 aliphatic rings. The van der Waals surface area contributed by atoms with Gasteiger partial charge in [0.15, 0.2) is 0 Å². The van der Waals surface area contributed by atoms with Gasteiger partial charge >= 0.3 is 0 Å². The Hall–Kier alpha value is -3.00. The Kier molecular flexibility index (Phi) is 5.13. The van der Waals surface area contributed by atoms with Crippen LogP contribution in [0.3, 0.4) is 0 Å². The number of nitrogens with one attached hydrogen (secondary N) is 2. The van der Waals surface area contributed by atoms with Crippen molar-refractivity contribution in [2.75, 3.05) is 6.54 Å². The van der Waals surface area contributed by atoms with Crippen molar-refractivity contribution < 1.29 is 18.4 Å². The second-order valence-corrected chi connectivity index (χ2v) is 5.87. The maximum atomic E-state index is 13.5. The maximum Gasteiger partial charge on any atom is 0.254 e. The highest BCUT2D eigenvalue weighted by molar-refractivity contribution is 6.30. The van der Waals surface area contributed by atoms with Crippen LogP contribution in [0.5, 0.6) is 0 Å². The predicted octanol–water partition coefficient (Wildman–Crippen LogP) is 2.31. The van der Waals surface area contributed by atoms with Crippen LogP contribution >= 0.6 is 11.6 Å². The number of pyridine rings is 1. The molecule has 3 aromatic rings. The Morgan fingerprint density at radius 2 is 1.92 bits per heavy atom. The summed E-state index contributed by atoms with van der Waals surface area (Å²) in [5, 5.41) is 5.42. The topological polar surface area (TPSA) is 75.5 Å². The third-order valence-corrected chi connectivity index (χ3v) is 3.74. The molecule has 0 atom stereocenters. The molecule has 3 rings (SSSR count). The Morgan fingerprint density at radius 3 is 2.69 bits per heavy atom. The fourth-order valence-electron chi connectivity index (χ4n) is 2.28. The van der Waals surface area contributed by atoms with E-state index in [0.717, 1.165) is 12.1 Å². The molecule has 2 aromatic heterocycles. The van der Waals surface area contributed by atoms with Crippen molar-refractivity contribution in [2.24, 2.45) is 0 Å². The zero-order valence-corrected chi connectivity index (χ0v) is 14.1. The first kappa shape index (κ1) is 17.8. The van der Waals surface area contributed by atoms with E-state index in [0.29, 0.717) is 22.4 Å². The third-order valence-electron chi connectivity index (χ3n) is 3.52. The van der Waals surface area contributed by atoms with Crippen molar-refractivity contribution in [2.45, 2.75) is 6.54 Å². The average molecular weight is 379 g/mol. The molecule has 0 bridgehead atoms. The average Bonchev–Trinajstić information content (AvgIpc) is 2.99. The van der Waals surface area contributed by atoms with E-state index in [2.05, 4.69) is 15.6 Å². The maximum absolute atomic E-state index is 13.5. The van der Waals surface area contributed by atoms with Gasteiger partial charge in [0.05, 0.1) is 29.4 Å². The summed E-state index contributed by atoms with van der Waals surface area (Å²) in [6, 6.07) is 6.03. The largest absolute Gasteiger partial charge is 0.349 e. The number of rotatable bonds is 5. The van der Waals surface area contributed by atoms with Gasteiger partial charge < -0.3 is 15.0 Å². The quantitative estimate of drug-likeness (QED) is 0.715. The van der Waals surface area contributed by atoms with Gasteiger partial charge in [-0.3, -0.25) is 9.59 Å². The van der Waals surface area contributed by atoms with Crippen molar-refractivity contribution in [3.63, 3.8) is 0 Å². The van der Waals surface area contributed by atoms with Crippen molar-refractivity contribution in [1.29, 1.82) is 0 Å². The lowest BCUT2D eigenvalue weighted by molar-refractivity contribution is -0.120. The number of nitrogens with zero attached hydrogens (tertiary/aromatic N) is 2. The molecule has 0 aliphatic carbocycles. The predicted molar refractivity (Wildman–Crippen MR) is 90.7 cm³/mol. The highest BCUT2D eigenvalue weighted by atomic mass is 35.5. The van der Waals surface area contributed by atoms with Gasteiger partial charge in [-0.05, 0) is 24.3 Å². The van der Waals surface area contributed by atoms with Gasteiger partial charge in [0.25, 0.3) is 5.91 Å². The molecule has 26 heavy (non-hydrogen) atoms. The summed E-state index contributed by atoms with van der Waals surface area (Å²) in [6.07, 6.45) is 3.40. The first-order chi connectivity index (χ1) is 12.4. The van der Waals surface area contributed by atoms with Crippen LogP contribution in [0.25, 0.3) is 5.65 Å². The number of carbonyl (C=O) groups excluding carboxylic acids is 2. The summed E-state index contributed by atoms with van der Waals surface area (Å²) in [5.41, 5.74) is 0.951. The summed E-state index contributed by atoms with van der Waals surface area (Å²) in [5.74, 6) is -3.06. The lowest BCUT2D eigenvalue weighted by Crippen LogP contribution is -2.37. The van der Waals surface area contributed by atoms with Crippen LogP contribution < -0.4 is 10.6 Å². The monoisotopic (exact) mass is 378 g/mol. The Bertz CT molecular complexity index is 990. The van der Waals surface area contributed by atoms with Crippen molar-refractivity contribution in [3.8, 4) is 0 Å². The second-order valence-electron chi connectivity index (χ2n) is 5.43. The number of fused-ring (bicyclic) bond motifs is 1. The number of hydrogen-bond acceptors (Lipinski definition) is 3. The number of benzene rings is 1. The lowest BCUT2D eigenvalue weighted by Gasteiger charge is -2.06. The van der Waals surface area contributed by atoms with E-state index < -0.39 is 23.4 Å². The van der Waals surface area contributed by atoms with Crippen LogP contribution in [0, 0.1) is 11.6 Å². The van der Waals surface area contributed by atoms with Crippen LogP contribution in [0.1, 0.15) is 16.1 Å². The smallest absolute Gasteiger partial charge is 0.254 e. The summed E-state index contributed by atoms with van der Waals surface area (Å²) in [6.45, 7) is -0.201. The fourth-order valence-corrected chi connectivity index (χ4v) is 2.45. The van der Waals surface area contributed by atoms with Crippen molar-refractivity contribution in [3.05, 3.63) is 70.6 Å². The number of aromatic nitrogens is 2. The first-order valence-corrected chi connectivity index (χ1v) is 7.93. The molecule has 2 amide bonds. The van der Waals surface area contributed by atoms with Gasteiger partial charge in [0.2, 0.25) is 5.91 Å². The van der Waals surface area contributed by atoms with Crippen molar-refractivity contribution in [1.82, 2.24) is 20.0 Å². The molecule has 2 heterocycles. The zero-order valence-electron chi connectivity index (χ0n) is 13.3. The number of halogens is 3. The Balaban J connectivity index is 1.52. The molecule has 0 saturated carbocycles. The van der Waals surface area contributed by atoms with Gasteiger partial charge in [-0.1, -0.05) is 11.6 Å². The van der Waals surface area contributed by atoms with Gasteiger partial charge in [0, 0.05) is 18.5 Å². The van der Waals surface area contributed by atoms with E-state index >= 15 is 0 Å². The van der Waals surface area contributed by atoms with E-state index in [1.807, 2.05) is 0 Å². The van der Waals surface area contributed by atoms with Crippen LogP contribution in [-0.4, -0.2) is 27.7 Å². The lowest BCUT2D eigenvalue weighted by atomic mass is 10.2. The molecule has 0 unspecified atom stereocenters. The molecule has 0 aliphatic heterocycles. The minimum atomic E-state index is -0.994. The molecule has 2 N–H and O–H groups in total. The molecule has 1 aromatic carbocycles. The molecule has 6 nitrogen and oxygen atoms in total. The van der Waals surface area contributed by atoms with Crippen LogP contribution in [0.4, 0.5) is 8.78 Å². The van der Waals surface area contributed by atoms with Gasteiger partial charge in [-0.25, -0.2) is 13.8 Å². The number of carbonyl (C=O) groups is 2. The normalized spacial score (nSPS) is 10.7. The van der Waals surface area contributed by atoms with Crippen LogP contribution in [0.2, 0.25) is 5.02 Å². The van der Waals surface area contributed by atoms with E-state index in [-0.39, 0.29) is 18.7 Å². The van der Waals surface area contributed by atoms with E-state index in [1.54, 1.807) is 28.9 Å². The highest BCUT2D eigenvalue weighted by Gasteiger charge is 2.13. The molecule has 0 fully saturated rings. The molecule has 9 heteroatoms. The minimum Gasteiger partial charge on any atom is -0.349 e. The Labute approximate surface area is 151 Å². The molecule has 0 spiro atoms. The van der Waals surface area contributed by atoms with Crippen LogP contribution in [-0.2, 0) is 11.3 Å². The van der Waals surface area contributed by atoms with E-state index in [4.69, 9.17) is 11.6 Å². The molecule has 134 valence electrons. The van der Waals surface area contributed by atoms with Crippen molar-refractivity contribution >= 4 is 29.1 Å². The first-order valence-electron chi connectivity index (χ1n) is 7.55. The second kappa shape index (κ2) is 7.49. The third kappa shape index (κ3) is 4.15.